The highest BCUT2D eigenvalue weighted by Crippen LogP contribution is 2.33. The summed E-state index contributed by atoms with van der Waals surface area (Å²) in [6.45, 7) is 5.49. The Morgan fingerprint density at radius 2 is 2.17 bits per heavy atom. The van der Waals surface area contributed by atoms with Crippen LogP contribution in [0.5, 0.6) is 11.6 Å². The number of aromatic nitrogens is 1. The van der Waals surface area contributed by atoms with Gasteiger partial charge in [-0.3, -0.25) is 4.79 Å². The molecule has 0 aliphatic carbocycles. The van der Waals surface area contributed by atoms with Gasteiger partial charge in [0.15, 0.2) is 5.75 Å². The van der Waals surface area contributed by atoms with Crippen molar-refractivity contribution >= 4 is 34.8 Å². The lowest BCUT2D eigenvalue weighted by molar-refractivity contribution is -0.125. The van der Waals surface area contributed by atoms with Gasteiger partial charge in [-0.25, -0.2) is 4.98 Å². The predicted molar refractivity (Wildman–Crippen MR) is 95.0 cm³/mol. The number of halogens is 2. The van der Waals surface area contributed by atoms with Crippen molar-refractivity contribution in [3.63, 3.8) is 0 Å². The van der Waals surface area contributed by atoms with Crippen LogP contribution in [0, 0.1) is 0 Å². The monoisotopic (exact) mass is 366 g/mol. The van der Waals surface area contributed by atoms with E-state index in [2.05, 4.69) is 16.9 Å². The average Bonchev–Trinajstić information content (AvgIpc) is 2.56. The van der Waals surface area contributed by atoms with Crippen LogP contribution in [0.1, 0.15) is 6.92 Å². The summed E-state index contributed by atoms with van der Waals surface area (Å²) in [5.74, 6) is 0.292. The number of benzene rings is 1. The normalized spacial score (nSPS) is 11.6. The largest absolute Gasteiger partial charge is 0.435 e. The molecule has 1 amide bonds. The Bertz CT molecular complexity index is 738. The van der Waals surface area contributed by atoms with Crippen molar-refractivity contribution in [3.05, 3.63) is 59.2 Å². The summed E-state index contributed by atoms with van der Waals surface area (Å²) in [6.07, 6.45) is 2.37. The first kappa shape index (κ1) is 18.3. The minimum Gasteiger partial charge on any atom is -0.435 e. The molecule has 2 rings (SSSR count). The number of nitrogens with zero attached hydrogens (tertiary/aromatic N) is 1. The molecule has 2 aromatic rings. The van der Waals surface area contributed by atoms with E-state index >= 15 is 0 Å². The molecule has 1 aromatic carbocycles. The van der Waals surface area contributed by atoms with Gasteiger partial charge in [0.2, 0.25) is 5.88 Å². The Morgan fingerprint density at radius 1 is 1.42 bits per heavy atom. The smallest absolute Gasteiger partial charge is 0.253 e. The van der Waals surface area contributed by atoms with Crippen LogP contribution in [0.15, 0.2) is 49.2 Å². The molecule has 1 aromatic heterocycles. The summed E-state index contributed by atoms with van der Waals surface area (Å²) in [4.78, 5) is 16.2. The SMILES string of the molecule is C=CCOC(C)C(=O)Nc1ccccc1Oc1ncc(Cl)cc1Cl. The average molecular weight is 367 g/mol. The highest BCUT2D eigenvalue weighted by Gasteiger charge is 2.16. The molecule has 5 nitrogen and oxygen atoms in total. The number of hydrogen-bond acceptors (Lipinski definition) is 4. The van der Waals surface area contributed by atoms with Crippen LogP contribution in [0.25, 0.3) is 0 Å². The molecule has 1 atom stereocenters. The fourth-order valence-corrected chi connectivity index (χ4v) is 2.18. The topological polar surface area (TPSA) is 60.5 Å². The van der Waals surface area contributed by atoms with Gasteiger partial charge in [0.05, 0.1) is 17.3 Å². The molecule has 0 spiro atoms. The van der Waals surface area contributed by atoms with E-state index < -0.39 is 6.10 Å². The lowest BCUT2D eigenvalue weighted by Gasteiger charge is -2.15. The molecule has 0 aliphatic heterocycles. The quantitative estimate of drug-likeness (QED) is 0.720. The van der Waals surface area contributed by atoms with Crippen molar-refractivity contribution < 1.29 is 14.3 Å². The van der Waals surface area contributed by atoms with E-state index in [-0.39, 0.29) is 23.4 Å². The Balaban J connectivity index is 2.15. The number of carbonyl (C=O) groups excluding carboxylic acids is 1. The number of ether oxygens (including phenoxy) is 2. The zero-order valence-corrected chi connectivity index (χ0v) is 14.5. The maximum absolute atomic E-state index is 12.1. The number of rotatable bonds is 7. The minimum atomic E-state index is -0.631. The van der Waals surface area contributed by atoms with Crippen molar-refractivity contribution in [3.8, 4) is 11.6 Å². The van der Waals surface area contributed by atoms with Crippen LogP contribution in [-0.4, -0.2) is 23.6 Å². The fraction of sp³-hybridized carbons (Fsp3) is 0.176. The number of para-hydroxylation sites is 2. The van der Waals surface area contributed by atoms with Gasteiger partial charge in [0.1, 0.15) is 11.1 Å². The number of amides is 1. The van der Waals surface area contributed by atoms with Gasteiger partial charge in [0.25, 0.3) is 5.91 Å². The second-order valence-electron chi connectivity index (χ2n) is 4.79. The van der Waals surface area contributed by atoms with Crippen molar-refractivity contribution in [2.24, 2.45) is 0 Å². The second kappa shape index (κ2) is 8.68. The number of nitrogens with one attached hydrogen (secondary N) is 1. The molecular formula is C17H16Cl2N2O3. The van der Waals surface area contributed by atoms with Crippen molar-refractivity contribution in [1.82, 2.24) is 4.98 Å². The molecule has 0 bridgehead atoms. The molecule has 0 aliphatic rings. The van der Waals surface area contributed by atoms with Crippen LogP contribution >= 0.6 is 23.2 Å². The number of pyridine rings is 1. The van der Waals surface area contributed by atoms with E-state index in [0.29, 0.717) is 16.5 Å². The summed E-state index contributed by atoms with van der Waals surface area (Å²) < 4.78 is 11.0. The second-order valence-corrected chi connectivity index (χ2v) is 5.64. The molecule has 1 unspecified atom stereocenters. The Morgan fingerprint density at radius 3 is 2.88 bits per heavy atom. The highest BCUT2D eigenvalue weighted by molar-refractivity contribution is 6.35. The predicted octanol–water partition coefficient (Wildman–Crippen LogP) is 4.71. The molecule has 126 valence electrons. The molecule has 24 heavy (non-hydrogen) atoms. The number of hydrogen-bond donors (Lipinski definition) is 1. The van der Waals surface area contributed by atoms with Gasteiger partial charge in [-0.05, 0) is 25.1 Å². The van der Waals surface area contributed by atoms with Crippen LogP contribution in [-0.2, 0) is 9.53 Å². The molecule has 0 saturated heterocycles. The van der Waals surface area contributed by atoms with Gasteiger partial charge in [-0.2, -0.15) is 0 Å². The molecule has 0 saturated carbocycles. The highest BCUT2D eigenvalue weighted by atomic mass is 35.5. The van der Waals surface area contributed by atoms with Gasteiger partial charge < -0.3 is 14.8 Å². The summed E-state index contributed by atoms with van der Waals surface area (Å²) in [7, 11) is 0. The van der Waals surface area contributed by atoms with Gasteiger partial charge in [-0.1, -0.05) is 41.4 Å². The van der Waals surface area contributed by atoms with E-state index in [4.69, 9.17) is 32.7 Å². The molecule has 1 heterocycles. The first-order valence-electron chi connectivity index (χ1n) is 7.12. The third-order valence-corrected chi connectivity index (χ3v) is 3.44. The van der Waals surface area contributed by atoms with Crippen molar-refractivity contribution in [2.75, 3.05) is 11.9 Å². The summed E-state index contributed by atoms with van der Waals surface area (Å²) in [5, 5.41) is 3.42. The van der Waals surface area contributed by atoms with E-state index in [1.54, 1.807) is 37.3 Å². The van der Waals surface area contributed by atoms with Crippen molar-refractivity contribution in [1.29, 1.82) is 0 Å². The molecular weight excluding hydrogens is 351 g/mol. The van der Waals surface area contributed by atoms with Gasteiger partial charge in [0, 0.05) is 6.20 Å². The van der Waals surface area contributed by atoms with Crippen molar-refractivity contribution in [2.45, 2.75) is 13.0 Å². The summed E-state index contributed by atoms with van der Waals surface area (Å²) in [6, 6.07) is 8.47. The zero-order valence-electron chi connectivity index (χ0n) is 13.0. The van der Waals surface area contributed by atoms with Gasteiger partial charge in [-0.15, -0.1) is 6.58 Å². The Hall–Kier alpha value is -2.08. The first-order chi connectivity index (χ1) is 11.5. The summed E-state index contributed by atoms with van der Waals surface area (Å²) >= 11 is 11.9. The molecule has 7 heteroatoms. The maximum Gasteiger partial charge on any atom is 0.253 e. The lowest BCUT2D eigenvalue weighted by Crippen LogP contribution is -2.27. The zero-order chi connectivity index (χ0) is 17.5. The maximum atomic E-state index is 12.1. The third-order valence-electron chi connectivity index (χ3n) is 2.96. The third kappa shape index (κ3) is 4.96. The number of anilines is 1. The fourth-order valence-electron chi connectivity index (χ4n) is 1.76. The molecule has 0 radical (unpaired) electrons. The van der Waals surface area contributed by atoms with E-state index in [1.807, 2.05) is 0 Å². The van der Waals surface area contributed by atoms with E-state index in [9.17, 15) is 4.79 Å². The number of carbonyl (C=O) groups is 1. The summed E-state index contributed by atoms with van der Waals surface area (Å²) in [5.41, 5.74) is 0.476. The minimum absolute atomic E-state index is 0.193. The lowest BCUT2D eigenvalue weighted by atomic mass is 10.2. The van der Waals surface area contributed by atoms with Crippen LogP contribution < -0.4 is 10.1 Å². The van der Waals surface area contributed by atoms with E-state index in [0.717, 1.165) is 0 Å². The van der Waals surface area contributed by atoms with Crippen LogP contribution in [0.3, 0.4) is 0 Å². The standard InChI is InChI=1S/C17H16Cl2N2O3/c1-3-8-23-11(2)16(22)21-14-6-4-5-7-15(14)24-17-13(19)9-12(18)10-20-17/h3-7,9-11H,1,8H2,2H3,(H,21,22). The van der Waals surface area contributed by atoms with Crippen LogP contribution in [0.2, 0.25) is 10.0 Å². The molecule has 1 N–H and O–H groups in total. The molecule has 0 fully saturated rings. The van der Waals surface area contributed by atoms with Crippen LogP contribution in [0.4, 0.5) is 5.69 Å². The first-order valence-corrected chi connectivity index (χ1v) is 7.88. The Kier molecular flexibility index (Phi) is 6.61. The van der Waals surface area contributed by atoms with Gasteiger partial charge >= 0.3 is 0 Å². The Labute approximate surface area is 150 Å². The van der Waals surface area contributed by atoms with E-state index in [1.165, 1.54) is 12.3 Å².